The molecular formula is C23H23N5O4. The van der Waals surface area contributed by atoms with E-state index in [9.17, 15) is 14.7 Å². The molecule has 1 amide bonds. The summed E-state index contributed by atoms with van der Waals surface area (Å²) in [5, 5.41) is 12.7. The van der Waals surface area contributed by atoms with Gasteiger partial charge in [0.15, 0.2) is 0 Å². The van der Waals surface area contributed by atoms with Crippen LogP contribution in [-0.4, -0.2) is 40.0 Å². The minimum absolute atomic E-state index is 0.0796. The highest BCUT2D eigenvalue weighted by Gasteiger charge is 2.28. The average Bonchev–Trinajstić information content (AvgIpc) is 2.75. The third-order valence-corrected chi connectivity index (χ3v) is 5.13. The molecular weight excluding hydrogens is 410 g/mol. The second kappa shape index (κ2) is 8.93. The summed E-state index contributed by atoms with van der Waals surface area (Å²) in [7, 11) is 0. The van der Waals surface area contributed by atoms with Crippen molar-refractivity contribution in [3.8, 4) is 11.5 Å². The number of amides is 1. The van der Waals surface area contributed by atoms with Crippen LogP contribution in [0.3, 0.4) is 0 Å². The number of aromatic nitrogens is 2. The van der Waals surface area contributed by atoms with Gasteiger partial charge in [-0.3, -0.25) is 9.59 Å². The summed E-state index contributed by atoms with van der Waals surface area (Å²) in [6.07, 6.45) is 2.44. The number of primary amides is 1. The highest BCUT2D eigenvalue weighted by Crippen LogP contribution is 2.35. The molecule has 1 aliphatic rings. The number of carboxylic acids is 1. The van der Waals surface area contributed by atoms with E-state index in [4.69, 9.17) is 10.5 Å². The maximum absolute atomic E-state index is 11.4. The van der Waals surface area contributed by atoms with Gasteiger partial charge in [0.05, 0.1) is 6.04 Å². The third kappa shape index (κ3) is 4.77. The summed E-state index contributed by atoms with van der Waals surface area (Å²) in [5.74, 6) is 0.919. The molecule has 2 heterocycles. The second-order valence-corrected chi connectivity index (χ2v) is 7.52. The van der Waals surface area contributed by atoms with Crippen molar-refractivity contribution in [2.24, 2.45) is 5.73 Å². The zero-order chi connectivity index (χ0) is 22.7. The molecule has 0 fully saturated rings. The third-order valence-electron chi connectivity index (χ3n) is 5.13. The van der Waals surface area contributed by atoms with E-state index in [0.717, 1.165) is 11.3 Å². The molecule has 1 unspecified atom stereocenters. The number of hydrogen-bond donors (Lipinski definition) is 3. The fraction of sp³-hybridized carbons (Fsp3) is 0.217. The Morgan fingerprint density at radius 3 is 2.72 bits per heavy atom. The zero-order valence-electron chi connectivity index (χ0n) is 17.5. The lowest BCUT2D eigenvalue weighted by atomic mass is 10.0. The van der Waals surface area contributed by atoms with Crippen molar-refractivity contribution in [1.29, 1.82) is 0 Å². The number of nitrogens with one attached hydrogen (secondary N) is 1. The van der Waals surface area contributed by atoms with Crippen molar-refractivity contribution in [2.45, 2.75) is 19.4 Å². The maximum Gasteiger partial charge on any atom is 0.323 e. The molecule has 0 saturated carbocycles. The van der Waals surface area contributed by atoms with Crippen LogP contribution in [0.1, 0.15) is 34.2 Å². The first-order chi connectivity index (χ1) is 15.4. The molecule has 4 N–H and O–H groups in total. The van der Waals surface area contributed by atoms with Crippen LogP contribution in [0.4, 0.5) is 11.5 Å². The van der Waals surface area contributed by atoms with Crippen molar-refractivity contribution in [2.75, 3.05) is 23.3 Å². The van der Waals surface area contributed by atoms with Crippen molar-refractivity contribution >= 4 is 23.4 Å². The van der Waals surface area contributed by atoms with E-state index in [1.807, 2.05) is 24.3 Å². The Morgan fingerprint density at radius 1 is 1.22 bits per heavy atom. The molecule has 32 heavy (non-hydrogen) atoms. The van der Waals surface area contributed by atoms with Crippen molar-refractivity contribution in [1.82, 2.24) is 9.97 Å². The van der Waals surface area contributed by atoms with E-state index in [1.54, 1.807) is 42.3 Å². The highest BCUT2D eigenvalue weighted by atomic mass is 16.5. The van der Waals surface area contributed by atoms with Gasteiger partial charge < -0.3 is 25.8 Å². The predicted octanol–water partition coefficient (Wildman–Crippen LogP) is 3.12. The Bertz CT molecular complexity index is 1170. The monoisotopic (exact) mass is 433 g/mol. The van der Waals surface area contributed by atoms with Crippen LogP contribution in [0.2, 0.25) is 0 Å². The van der Waals surface area contributed by atoms with Crippen molar-refractivity contribution in [3.63, 3.8) is 0 Å². The van der Waals surface area contributed by atoms with Gasteiger partial charge in [-0.25, -0.2) is 9.97 Å². The quantitative estimate of drug-likeness (QED) is 0.518. The fourth-order valence-corrected chi connectivity index (χ4v) is 3.68. The van der Waals surface area contributed by atoms with E-state index in [2.05, 4.69) is 15.3 Å². The number of hydrogen-bond acceptors (Lipinski definition) is 7. The number of rotatable bonds is 7. The molecule has 9 heteroatoms. The number of nitrogens with two attached hydrogens (primary N) is 1. The standard InChI is InChI=1S/C23H23N5O4/c1-14-25-12-19-20(8-9-28(13-21(29)30)23(19)26-14)27-16-5-3-7-18(11-16)32-17-6-2-4-15(10-17)22(24)31/h2-7,10-12,20,27H,8-9,13H2,1H3,(H2,24,31)(H,29,30). The molecule has 0 saturated heterocycles. The molecule has 2 aromatic carbocycles. The Hall–Kier alpha value is -4.14. The molecule has 1 atom stereocenters. The van der Waals surface area contributed by atoms with Gasteiger partial charge in [-0.1, -0.05) is 12.1 Å². The number of carbonyl (C=O) groups is 2. The first kappa shape index (κ1) is 21.1. The number of aryl methyl sites for hydroxylation is 1. The molecule has 9 nitrogen and oxygen atoms in total. The normalized spacial score (nSPS) is 15.0. The lowest BCUT2D eigenvalue weighted by Gasteiger charge is -2.34. The van der Waals surface area contributed by atoms with Gasteiger partial charge in [0.25, 0.3) is 0 Å². The molecule has 1 aromatic heterocycles. The lowest BCUT2D eigenvalue weighted by molar-refractivity contribution is -0.135. The van der Waals surface area contributed by atoms with Crippen LogP contribution in [0.5, 0.6) is 11.5 Å². The molecule has 3 aromatic rings. The Kier molecular flexibility index (Phi) is 5.89. The number of ether oxygens (including phenoxy) is 1. The van der Waals surface area contributed by atoms with Crippen LogP contribution in [0, 0.1) is 6.92 Å². The molecule has 0 bridgehead atoms. The van der Waals surface area contributed by atoms with E-state index in [-0.39, 0.29) is 12.6 Å². The molecule has 0 aliphatic carbocycles. The number of benzene rings is 2. The number of nitrogens with zero attached hydrogens (tertiary/aromatic N) is 3. The van der Waals surface area contributed by atoms with E-state index in [0.29, 0.717) is 41.7 Å². The van der Waals surface area contributed by atoms with Crippen molar-refractivity contribution < 1.29 is 19.4 Å². The molecule has 0 spiro atoms. The zero-order valence-corrected chi connectivity index (χ0v) is 17.5. The van der Waals surface area contributed by atoms with Crippen LogP contribution in [0.25, 0.3) is 0 Å². The molecule has 164 valence electrons. The van der Waals surface area contributed by atoms with Crippen LogP contribution in [-0.2, 0) is 4.79 Å². The molecule has 1 aliphatic heterocycles. The van der Waals surface area contributed by atoms with Crippen LogP contribution < -0.4 is 20.7 Å². The number of fused-ring (bicyclic) bond motifs is 1. The van der Waals surface area contributed by atoms with E-state index < -0.39 is 11.9 Å². The SMILES string of the molecule is Cc1ncc2c(n1)N(CC(=O)O)CCC2Nc1cccc(Oc2cccc(C(N)=O)c2)c1. The van der Waals surface area contributed by atoms with Crippen molar-refractivity contribution in [3.05, 3.63) is 71.7 Å². The van der Waals surface area contributed by atoms with Gasteiger partial charge in [-0.05, 0) is 43.7 Å². The van der Waals surface area contributed by atoms with Gasteiger partial charge >= 0.3 is 5.97 Å². The van der Waals surface area contributed by atoms with Crippen LogP contribution >= 0.6 is 0 Å². The van der Waals surface area contributed by atoms with E-state index >= 15 is 0 Å². The highest BCUT2D eigenvalue weighted by molar-refractivity contribution is 5.93. The van der Waals surface area contributed by atoms with Crippen LogP contribution in [0.15, 0.2) is 54.7 Å². The molecule has 0 radical (unpaired) electrons. The first-order valence-electron chi connectivity index (χ1n) is 10.1. The summed E-state index contributed by atoms with van der Waals surface area (Å²) in [4.78, 5) is 33.2. The van der Waals surface area contributed by atoms with Gasteiger partial charge in [0.2, 0.25) is 5.91 Å². The number of carboxylic acid groups (broad SMARTS) is 1. The first-order valence-corrected chi connectivity index (χ1v) is 10.1. The Labute approximate surface area is 184 Å². The number of anilines is 2. The maximum atomic E-state index is 11.4. The summed E-state index contributed by atoms with van der Waals surface area (Å²) in [6, 6.07) is 14.1. The second-order valence-electron chi connectivity index (χ2n) is 7.52. The fourth-order valence-electron chi connectivity index (χ4n) is 3.68. The summed E-state index contributed by atoms with van der Waals surface area (Å²) < 4.78 is 5.90. The Balaban J connectivity index is 1.54. The Morgan fingerprint density at radius 2 is 1.97 bits per heavy atom. The smallest absolute Gasteiger partial charge is 0.323 e. The average molecular weight is 433 g/mol. The predicted molar refractivity (Wildman–Crippen MR) is 119 cm³/mol. The number of aliphatic carboxylic acids is 1. The summed E-state index contributed by atoms with van der Waals surface area (Å²) in [5.41, 5.74) is 7.39. The van der Waals surface area contributed by atoms with Gasteiger partial charge in [0.1, 0.15) is 29.7 Å². The van der Waals surface area contributed by atoms with Gasteiger partial charge in [-0.2, -0.15) is 0 Å². The van der Waals surface area contributed by atoms with Gasteiger partial charge in [0, 0.05) is 35.6 Å². The summed E-state index contributed by atoms with van der Waals surface area (Å²) in [6.45, 7) is 2.23. The van der Waals surface area contributed by atoms with E-state index in [1.165, 1.54) is 0 Å². The lowest BCUT2D eigenvalue weighted by Crippen LogP contribution is -2.38. The minimum Gasteiger partial charge on any atom is -0.480 e. The number of carbonyl (C=O) groups excluding carboxylic acids is 1. The topological polar surface area (TPSA) is 131 Å². The van der Waals surface area contributed by atoms with Gasteiger partial charge in [-0.15, -0.1) is 0 Å². The summed E-state index contributed by atoms with van der Waals surface area (Å²) >= 11 is 0. The largest absolute Gasteiger partial charge is 0.480 e. The molecule has 4 rings (SSSR count). The minimum atomic E-state index is -0.899.